The average molecular weight is 323 g/mol. The lowest BCUT2D eigenvalue weighted by atomic mass is 9.97. The van der Waals surface area contributed by atoms with E-state index in [0.29, 0.717) is 29.5 Å². The number of phenolic OH excluding ortho intramolecular Hbond substituents is 1. The van der Waals surface area contributed by atoms with Crippen LogP contribution in [0.3, 0.4) is 0 Å². The minimum atomic E-state index is -0.267. The summed E-state index contributed by atoms with van der Waals surface area (Å²) in [5, 5.41) is 11.4. The first kappa shape index (κ1) is 13.9. The third kappa shape index (κ3) is 1.65. The number of nitrogens with zero attached hydrogens (tertiary/aromatic N) is 1. The van der Waals surface area contributed by atoms with Gasteiger partial charge in [0.2, 0.25) is 5.43 Å². The van der Waals surface area contributed by atoms with Gasteiger partial charge in [0.25, 0.3) is 0 Å². The van der Waals surface area contributed by atoms with Crippen molar-refractivity contribution >= 4 is 21.8 Å². The molecule has 0 unspecified atom stereocenters. The van der Waals surface area contributed by atoms with Crippen molar-refractivity contribution in [3.8, 4) is 11.5 Å². The van der Waals surface area contributed by atoms with E-state index >= 15 is 0 Å². The Bertz CT molecular complexity index is 1080. The highest BCUT2D eigenvalue weighted by Crippen LogP contribution is 2.45. The molecule has 1 fully saturated rings. The summed E-state index contributed by atoms with van der Waals surface area (Å²) in [4.78, 5) is 12.9. The zero-order valence-electron chi connectivity index (χ0n) is 13.5. The van der Waals surface area contributed by atoms with Crippen LogP contribution < -0.4 is 10.2 Å². The van der Waals surface area contributed by atoms with Crippen LogP contribution in [0.2, 0.25) is 0 Å². The Morgan fingerprint density at radius 1 is 1.33 bits per heavy atom. The van der Waals surface area contributed by atoms with Gasteiger partial charge in [0.15, 0.2) is 0 Å². The van der Waals surface area contributed by atoms with Crippen molar-refractivity contribution in [2.45, 2.75) is 25.0 Å². The maximum Gasteiger partial charge on any atom is 0.200 e. The highest BCUT2D eigenvalue weighted by Gasteiger charge is 2.51. The largest absolute Gasteiger partial charge is 0.507 e. The first-order valence-electron chi connectivity index (χ1n) is 8.06. The summed E-state index contributed by atoms with van der Waals surface area (Å²) >= 11 is 0. The van der Waals surface area contributed by atoms with Crippen LogP contribution in [0.25, 0.3) is 21.8 Å². The fourth-order valence-electron chi connectivity index (χ4n) is 3.80. The molecule has 1 aromatic heterocycles. The molecule has 0 saturated carbocycles. The van der Waals surface area contributed by atoms with Gasteiger partial charge >= 0.3 is 0 Å². The van der Waals surface area contributed by atoms with Gasteiger partial charge in [0.05, 0.1) is 23.0 Å². The van der Waals surface area contributed by atoms with Gasteiger partial charge in [-0.3, -0.25) is 4.79 Å². The van der Waals surface area contributed by atoms with Gasteiger partial charge in [-0.25, -0.2) is 0 Å². The average Bonchev–Trinajstić information content (AvgIpc) is 3.17. The number of fused-ring (bicyclic) bond motifs is 4. The van der Waals surface area contributed by atoms with Gasteiger partial charge in [-0.1, -0.05) is 12.1 Å². The SMILES string of the molecule is Cn1c2ccccc2c(=O)c2c(O)cc3c(c21)C[C@H]([C@]1(C)CO1)O3. The molecule has 2 atom stereocenters. The number of hydrogen-bond acceptors (Lipinski definition) is 4. The first-order chi connectivity index (χ1) is 11.5. The number of rotatable bonds is 1. The summed E-state index contributed by atoms with van der Waals surface area (Å²) < 4.78 is 13.5. The number of para-hydroxylation sites is 1. The molecule has 5 nitrogen and oxygen atoms in total. The van der Waals surface area contributed by atoms with Crippen LogP contribution in [-0.4, -0.2) is 28.0 Å². The van der Waals surface area contributed by atoms with Gasteiger partial charge in [-0.2, -0.15) is 0 Å². The lowest BCUT2D eigenvalue weighted by Gasteiger charge is -2.14. The number of ether oxygens (including phenoxy) is 2. The Balaban J connectivity index is 1.88. The van der Waals surface area contributed by atoms with E-state index in [1.807, 2.05) is 36.7 Å². The van der Waals surface area contributed by atoms with Crippen molar-refractivity contribution in [1.29, 1.82) is 0 Å². The highest BCUT2D eigenvalue weighted by atomic mass is 16.6. The number of epoxide rings is 1. The molecule has 5 rings (SSSR count). The molecule has 122 valence electrons. The Hall–Kier alpha value is -2.53. The van der Waals surface area contributed by atoms with Gasteiger partial charge < -0.3 is 19.1 Å². The highest BCUT2D eigenvalue weighted by molar-refractivity contribution is 5.99. The summed E-state index contributed by atoms with van der Waals surface area (Å²) in [5.74, 6) is 0.615. The lowest BCUT2D eigenvalue weighted by molar-refractivity contribution is 0.127. The van der Waals surface area contributed by atoms with Crippen molar-refractivity contribution in [1.82, 2.24) is 4.57 Å². The molecule has 3 aromatic rings. The second-order valence-corrected chi connectivity index (χ2v) is 6.91. The van der Waals surface area contributed by atoms with E-state index in [4.69, 9.17) is 9.47 Å². The smallest absolute Gasteiger partial charge is 0.200 e. The number of aromatic nitrogens is 1. The van der Waals surface area contributed by atoms with E-state index in [9.17, 15) is 9.90 Å². The maximum atomic E-state index is 12.9. The predicted octanol–water partition coefficient (Wildman–Crippen LogP) is 2.49. The Labute approximate surface area is 138 Å². The van der Waals surface area contributed by atoms with Crippen molar-refractivity contribution in [3.63, 3.8) is 0 Å². The van der Waals surface area contributed by atoms with Crippen LogP contribution in [0.4, 0.5) is 0 Å². The van der Waals surface area contributed by atoms with Crippen LogP contribution >= 0.6 is 0 Å². The van der Waals surface area contributed by atoms with E-state index in [-0.39, 0.29) is 22.9 Å². The second-order valence-electron chi connectivity index (χ2n) is 6.91. The van der Waals surface area contributed by atoms with E-state index < -0.39 is 0 Å². The molecule has 0 aliphatic carbocycles. The van der Waals surface area contributed by atoms with E-state index in [1.54, 1.807) is 12.1 Å². The normalized spacial score (nSPS) is 25.0. The van der Waals surface area contributed by atoms with Crippen molar-refractivity contribution in [2.24, 2.45) is 7.05 Å². The fourth-order valence-corrected chi connectivity index (χ4v) is 3.80. The number of hydrogen-bond donors (Lipinski definition) is 1. The molecular formula is C19H17NO4. The van der Waals surface area contributed by atoms with Crippen LogP contribution in [0.5, 0.6) is 11.5 Å². The Kier molecular flexibility index (Phi) is 2.49. The summed E-state index contributed by atoms with van der Waals surface area (Å²) in [6, 6.07) is 9.03. The third-order valence-corrected chi connectivity index (χ3v) is 5.36. The monoisotopic (exact) mass is 323 g/mol. The zero-order valence-corrected chi connectivity index (χ0v) is 13.5. The van der Waals surface area contributed by atoms with E-state index in [2.05, 4.69) is 0 Å². The van der Waals surface area contributed by atoms with Crippen LogP contribution in [0.1, 0.15) is 12.5 Å². The molecule has 0 radical (unpaired) electrons. The van der Waals surface area contributed by atoms with Crippen molar-refractivity contribution < 1.29 is 14.6 Å². The van der Waals surface area contributed by atoms with Crippen LogP contribution in [0, 0.1) is 0 Å². The van der Waals surface area contributed by atoms with Crippen LogP contribution in [-0.2, 0) is 18.2 Å². The minimum Gasteiger partial charge on any atom is -0.507 e. The lowest BCUT2D eigenvalue weighted by Crippen LogP contribution is -2.30. The van der Waals surface area contributed by atoms with E-state index in [0.717, 1.165) is 16.6 Å². The Morgan fingerprint density at radius 2 is 2.08 bits per heavy atom. The molecular weight excluding hydrogens is 306 g/mol. The van der Waals surface area contributed by atoms with Crippen molar-refractivity contribution in [3.05, 3.63) is 46.1 Å². The fraction of sp³-hybridized carbons (Fsp3) is 0.316. The molecule has 3 heterocycles. The maximum absolute atomic E-state index is 12.9. The summed E-state index contributed by atoms with van der Waals surface area (Å²) in [7, 11) is 1.92. The third-order valence-electron chi connectivity index (χ3n) is 5.36. The number of aromatic hydroxyl groups is 1. The first-order valence-corrected chi connectivity index (χ1v) is 8.06. The van der Waals surface area contributed by atoms with Gasteiger partial charge in [0.1, 0.15) is 23.2 Å². The van der Waals surface area contributed by atoms with E-state index in [1.165, 1.54) is 0 Å². The molecule has 1 N–H and O–H groups in total. The number of aryl methyl sites for hydroxylation is 1. The summed E-state index contributed by atoms with van der Waals surface area (Å²) in [6.07, 6.45) is 0.591. The van der Waals surface area contributed by atoms with Gasteiger partial charge in [0, 0.05) is 30.5 Å². The number of phenols is 1. The predicted molar refractivity (Wildman–Crippen MR) is 90.8 cm³/mol. The van der Waals surface area contributed by atoms with Gasteiger partial charge in [-0.05, 0) is 19.1 Å². The Morgan fingerprint density at radius 3 is 2.83 bits per heavy atom. The molecule has 24 heavy (non-hydrogen) atoms. The second kappa shape index (κ2) is 4.30. The van der Waals surface area contributed by atoms with Gasteiger partial charge in [-0.15, -0.1) is 0 Å². The molecule has 0 bridgehead atoms. The van der Waals surface area contributed by atoms with Crippen LogP contribution in [0.15, 0.2) is 35.1 Å². The summed E-state index contributed by atoms with van der Waals surface area (Å²) in [6.45, 7) is 2.71. The molecule has 1 saturated heterocycles. The summed E-state index contributed by atoms with van der Waals surface area (Å²) in [5.41, 5.74) is 2.16. The zero-order chi connectivity index (χ0) is 16.6. The number of benzene rings is 2. The molecule has 2 aliphatic rings. The molecule has 0 spiro atoms. The molecule has 2 aliphatic heterocycles. The topological polar surface area (TPSA) is 64.0 Å². The molecule has 5 heteroatoms. The van der Waals surface area contributed by atoms with Crippen molar-refractivity contribution in [2.75, 3.05) is 6.61 Å². The molecule has 2 aromatic carbocycles. The number of pyridine rings is 1. The minimum absolute atomic E-state index is 0.0300. The molecule has 0 amide bonds. The standard InChI is InChI=1S/C19H17NO4/c1-19(9-23-19)15-7-11-14(24-15)8-13(21)16-17(11)20(2)12-6-4-3-5-10(12)18(16)22/h3-6,8,15,21H,7,9H2,1-2H3/t15-,19+/m1/s1. The quantitative estimate of drug-likeness (QED) is 0.552.